The Morgan fingerprint density at radius 3 is 2.68 bits per heavy atom. The normalized spacial score (nSPS) is 18.3. The summed E-state index contributed by atoms with van der Waals surface area (Å²) in [5.74, 6) is 2.67. The minimum absolute atomic E-state index is 0.141. The van der Waals surface area contributed by atoms with Gasteiger partial charge in [0.1, 0.15) is 28.6 Å². The van der Waals surface area contributed by atoms with Gasteiger partial charge in [-0.15, -0.1) is 11.8 Å². The Morgan fingerprint density at radius 1 is 1.20 bits per heavy atom. The van der Waals surface area contributed by atoms with E-state index in [4.69, 9.17) is 14.6 Å². The maximum atomic E-state index is 4.87. The number of aromatic nitrogens is 6. The van der Waals surface area contributed by atoms with E-state index < -0.39 is 0 Å². The van der Waals surface area contributed by atoms with E-state index in [1.165, 1.54) is 0 Å². The number of H-pyrrole nitrogens is 1. The summed E-state index contributed by atoms with van der Waals surface area (Å²) in [7, 11) is 0. The highest BCUT2D eigenvalue weighted by molar-refractivity contribution is 7.99. The number of aromatic amines is 1. The van der Waals surface area contributed by atoms with Gasteiger partial charge >= 0.3 is 0 Å². The molecule has 4 rings (SSSR count). The standard InChI is InChI=1S/C16H21N7OS/c1-8-9(23-24-22-8)7-10-18-11-12(14-17-5-6-25-14)20-15(16(2,3)4)21-13(11)19-10/h14,17H,5-7H2,1-4H3,(H,18,19,20,21). The molecule has 0 aliphatic carbocycles. The van der Waals surface area contributed by atoms with Crippen LogP contribution in [0.5, 0.6) is 0 Å². The smallest absolute Gasteiger partial charge is 0.181 e. The topological polar surface area (TPSA) is 105 Å². The minimum atomic E-state index is -0.141. The third-order valence-electron chi connectivity index (χ3n) is 4.14. The molecule has 0 amide bonds. The molecule has 0 aromatic carbocycles. The van der Waals surface area contributed by atoms with Gasteiger partial charge < -0.3 is 4.98 Å². The van der Waals surface area contributed by atoms with E-state index >= 15 is 0 Å². The van der Waals surface area contributed by atoms with Gasteiger partial charge in [-0.2, -0.15) is 0 Å². The summed E-state index contributed by atoms with van der Waals surface area (Å²) in [4.78, 5) is 17.6. The first-order valence-corrected chi connectivity index (χ1v) is 9.37. The highest BCUT2D eigenvalue weighted by Crippen LogP contribution is 2.33. The summed E-state index contributed by atoms with van der Waals surface area (Å²) >= 11 is 1.86. The van der Waals surface area contributed by atoms with Gasteiger partial charge in [0.25, 0.3) is 0 Å². The molecule has 25 heavy (non-hydrogen) atoms. The number of nitrogens with zero attached hydrogens (tertiary/aromatic N) is 5. The molecule has 1 aliphatic heterocycles. The van der Waals surface area contributed by atoms with Crippen molar-refractivity contribution in [2.24, 2.45) is 0 Å². The van der Waals surface area contributed by atoms with Gasteiger partial charge in [-0.1, -0.05) is 31.1 Å². The quantitative estimate of drug-likeness (QED) is 0.734. The Kier molecular flexibility index (Phi) is 3.99. The molecule has 9 heteroatoms. The first-order chi connectivity index (χ1) is 11.9. The van der Waals surface area contributed by atoms with Gasteiger partial charge in [-0.05, 0) is 6.92 Å². The van der Waals surface area contributed by atoms with Crippen molar-refractivity contribution in [1.29, 1.82) is 0 Å². The van der Waals surface area contributed by atoms with Gasteiger partial charge in [0.05, 0.1) is 17.5 Å². The number of thioether (sulfide) groups is 1. The molecule has 1 saturated heterocycles. The lowest BCUT2D eigenvalue weighted by atomic mass is 9.95. The molecule has 3 aromatic heterocycles. The molecular weight excluding hydrogens is 338 g/mol. The third-order valence-corrected chi connectivity index (χ3v) is 5.31. The zero-order chi connectivity index (χ0) is 17.6. The molecule has 4 heterocycles. The number of fused-ring (bicyclic) bond motifs is 1. The van der Waals surface area contributed by atoms with Crippen LogP contribution >= 0.6 is 11.8 Å². The number of hydrogen-bond acceptors (Lipinski definition) is 8. The molecule has 8 nitrogen and oxygen atoms in total. The van der Waals surface area contributed by atoms with Gasteiger partial charge in [0, 0.05) is 17.7 Å². The number of hydrogen-bond donors (Lipinski definition) is 2. The predicted molar refractivity (Wildman–Crippen MR) is 95.4 cm³/mol. The molecule has 1 atom stereocenters. The maximum Gasteiger partial charge on any atom is 0.181 e. The zero-order valence-electron chi connectivity index (χ0n) is 14.8. The van der Waals surface area contributed by atoms with E-state index in [2.05, 4.69) is 46.4 Å². The molecule has 0 bridgehead atoms. The average Bonchev–Trinajstić information content (AvgIpc) is 3.27. The van der Waals surface area contributed by atoms with Crippen LogP contribution in [-0.2, 0) is 11.8 Å². The van der Waals surface area contributed by atoms with Crippen LogP contribution < -0.4 is 5.32 Å². The molecule has 132 valence electrons. The van der Waals surface area contributed by atoms with Crippen LogP contribution in [-0.4, -0.2) is 42.5 Å². The second-order valence-electron chi connectivity index (χ2n) is 7.24. The number of imidazole rings is 1. The largest absolute Gasteiger partial charge is 0.339 e. The molecule has 0 radical (unpaired) electrons. The summed E-state index contributed by atoms with van der Waals surface area (Å²) in [5.41, 5.74) is 3.98. The van der Waals surface area contributed by atoms with Crippen molar-refractivity contribution in [2.45, 2.75) is 44.9 Å². The van der Waals surface area contributed by atoms with Crippen LogP contribution in [0.25, 0.3) is 11.2 Å². The Labute approximate surface area is 149 Å². The Bertz CT molecular complexity index is 905. The van der Waals surface area contributed by atoms with Crippen molar-refractivity contribution in [3.8, 4) is 0 Å². The predicted octanol–water partition coefficient (Wildman–Crippen LogP) is 2.27. The van der Waals surface area contributed by atoms with E-state index in [-0.39, 0.29) is 10.8 Å². The number of aryl methyl sites for hydroxylation is 1. The summed E-state index contributed by atoms with van der Waals surface area (Å²) < 4.78 is 4.78. The first kappa shape index (κ1) is 16.5. The van der Waals surface area contributed by atoms with Crippen LogP contribution in [0.1, 0.15) is 54.9 Å². The monoisotopic (exact) mass is 359 g/mol. The van der Waals surface area contributed by atoms with Crippen molar-refractivity contribution < 1.29 is 4.63 Å². The van der Waals surface area contributed by atoms with Crippen molar-refractivity contribution in [1.82, 2.24) is 35.6 Å². The fraction of sp³-hybridized carbons (Fsp3) is 0.562. The van der Waals surface area contributed by atoms with Gasteiger partial charge in [0.15, 0.2) is 5.65 Å². The molecule has 0 saturated carbocycles. The molecule has 1 aliphatic rings. The lowest BCUT2D eigenvalue weighted by molar-refractivity contribution is 0.301. The van der Waals surface area contributed by atoms with Crippen molar-refractivity contribution in [3.63, 3.8) is 0 Å². The minimum Gasteiger partial charge on any atom is -0.339 e. The molecule has 2 N–H and O–H groups in total. The molecule has 1 fully saturated rings. The van der Waals surface area contributed by atoms with E-state index in [1.807, 2.05) is 18.7 Å². The van der Waals surface area contributed by atoms with E-state index in [1.54, 1.807) is 0 Å². The first-order valence-electron chi connectivity index (χ1n) is 8.32. The maximum absolute atomic E-state index is 4.87. The van der Waals surface area contributed by atoms with Gasteiger partial charge in [-0.25, -0.2) is 19.6 Å². The second-order valence-corrected chi connectivity index (χ2v) is 8.46. The SMILES string of the molecule is Cc1nonc1Cc1nc2nc(C(C)(C)C)nc(C3NCCS3)c2[nH]1. The van der Waals surface area contributed by atoms with E-state index in [0.29, 0.717) is 12.1 Å². The fourth-order valence-electron chi connectivity index (χ4n) is 2.75. The van der Waals surface area contributed by atoms with E-state index in [0.717, 1.165) is 46.5 Å². The molecule has 0 spiro atoms. The summed E-state index contributed by atoms with van der Waals surface area (Å²) in [6.45, 7) is 9.20. The van der Waals surface area contributed by atoms with E-state index in [9.17, 15) is 0 Å². The van der Waals surface area contributed by atoms with Crippen LogP contribution in [0.3, 0.4) is 0 Å². The Morgan fingerprint density at radius 2 is 2.04 bits per heavy atom. The zero-order valence-corrected chi connectivity index (χ0v) is 15.6. The number of nitrogens with one attached hydrogen (secondary N) is 2. The van der Waals surface area contributed by atoms with Crippen LogP contribution in [0.4, 0.5) is 0 Å². The number of rotatable bonds is 3. The van der Waals surface area contributed by atoms with Crippen LogP contribution in [0.15, 0.2) is 4.63 Å². The lowest BCUT2D eigenvalue weighted by Gasteiger charge is -2.19. The third kappa shape index (κ3) is 3.13. The molecular formula is C16H21N7OS. The van der Waals surface area contributed by atoms with Crippen molar-refractivity contribution >= 4 is 22.9 Å². The highest BCUT2D eigenvalue weighted by atomic mass is 32.2. The summed E-state index contributed by atoms with van der Waals surface area (Å²) in [6.07, 6.45) is 0.529. The lowest BCUT2D eigenvalue weighted by Crippen LogP contribution is -2.20. The van der Waals surface area contributed by atoms with Crippen LogP contribution in [0, 0.1) is 6.92 Å². The van der Waals surface area contributed by atoms with Crippen molar-refractivity contribution in [2.75, 3.05) is 12.3 Å². The average molecular weight is 359 g/mol. The Hall–Kier alpha value is -2.00. The van der Waals surface area contributed by atoms with Gasteiger partial charge in [0.2, 0.25) is 0 Å². The van der Waals surface area contributed by atoms with Crippen molar-refractivity contribution in [3.05, 3.63) is 28.7 Å². The highest BCUT2D eigenvalue weighted by Gasteiger charge is 2.27. The Balaban J connectivity index is 1.81. The molecule has 1 unspecified atom stereocenters. The summed E-state index contributed by atoms with van der Waals surface area (Å²) in [5, 5.41) is 11.4. The molecule has 3 aromatic rings. The van der Waals surface area contributed by atoms with Gasteiger partial charge in [-0.3, -0.25) is 5.32 Å². The summed E-state index contributed by atoms with van der Waals surface area (Å²) in [6, 6.07) is 0. The fourth-order valence-corrected chi connectivity index (χ4v) is 3.78. The second kappa shape index (κ2) is 6.06. The van der Waals surface area contributed by atoms with Crippen LogP contribution in [0.2, 0.25) is 0 Å².